The quantitative estimate of drug-likeness (QED) is 0.698. The molecule has 0 atom stereocenters. The van der Waals surface area contributed by atoms with E-state index in [4.69, 9.17) is 0 Å². The van der Waals surface area contributed by atoms with Gasteiger partial charge in [0, 0.05) is 11.9 Å². The van der Waals surface area contributed by atoms with E-state index in [1.165, 1.54) is 17.3 Å². The summed E-state index contributed by atoms with van der Waals surface area (Å²) in [5.41, 5.74) is 3.00. The lowest BCUT2D eigenvalue weighted by Crippen LogP contribution is -2.25. The number of hydrogen-bond acceptors (Lipinski definition) is 5. The maximum absolute atomic E-state index is 12.0. The first-order valence-electron chi connectivity index (χ1n) is 7.49. The molecule has 1 aromatic carbocycles. The van der Waals surface area contributed by atoms with Gasteiger partial charge in [-0.2, -0.15) is 0 Å². The predicted octanol–water partition coefficient (Wildman–Crippen LogP) is 2.38. The summed E-state index contributed by atoms with van der Waals surface area (Å²) < 4.78 is 1.87. The van der Waals surface area contributed by atoms with Crippen molar-refractivity contribution in [2.24, 2.45) is 0 Å². The van der Waals surface area contributed by atoms with Crippen molar-refractivity contribution >= 4 is 17.7 Å². The third-order valence-electron chi connectivity index (χ3n) is 3.35. The molecule has 24 heavy (non-hydrogen) atoms. The molecule has 0 aliphatic rings. The standard InChI is InChI=1S/C17H17N5OS/c1-13-5-7-15(8-6-13)22-12-20-21-17(22)24-11-16(23)19-10-14-4-2-3-9-18-14/h2-9,12H,10-11H2,1H3,(H,19,23). The van der Waals surface area contributed by atoms with Crippen molar-refractivity contribution in [2.75, 3.05) is 5.75 Å². The lowest BCUT2D eigenvalue weighted by Gasteiger charge is -2.07. The van der Waals surface area contributed by atoms with Crippen LogP contribution in [0.15, 0.2) is 60.1 Å². The molecule has 122 valence electrons. The maximum Gasteiger partial charge on any atom is 0.230 e. The van der Waals surface area contributed by atoms with Crippen LogP contribution < -0.4 is 5.32 Å². The summed E-state index contributed by atoms with van der Waals surface area (Å²) in [5, 5.41) is 11.6. The molecule has 6 nitrogen and oxygen atoms in total. The molecular formula is C17H17N5OS. The monoisotopic (exact) mass is 339 g/mol. The molecule has 0 fully saturated rings. The molecule has 2 aromatic heterocycles. The van der Waals surface area contributed by atoms with Crippen LogP contribution in [0.25, 0.3) is 5.69 Å². The third-order valence-corrected chi connectivity index (χ3v) is 4.30. The number of nitrogens with zero attached hydrogens (tertiary/aromatic N) is 4. The highest BCUT2D eigenvalue weighted by Gasteiger charge is 2.10. The molecular weight excluding hydrogens is 322 g/mol. The molecule has 0 saturated heterocycles. The first kappa shape index (κ1) is 16.2. The fourth-order valence-electron chi connectivity index (χ4n) is 2.08. The third kappa shape index (κ3) is 4.20. The fourth-order valence-corrected chi connectivity index (χ4v) is 2.84. The average Bonchev–Trinajstić information content (AvgIpc) is 3.08. The van der Waals surface area contributed by atoms with Crippen molar-refractivity contribution in [3.63, 3.8) is 0 Å². The SMILES string of the molecule is Cc1ccc(-n2cnnc2SCC(=O)NCc2ccccn2)cc1. The summed E-state index contributed by atoms with van der Waals surface area (Å²) >= 11 is 1.35. The summed E-state index contributed by atoms with van der Waals surface area (Å²) in [4.78, 5) is 16.2. The number of rotatable bonds is 6. The second kappa shape index (κ2) is 7.74. The molecule has 3 aromatic rings. The molecule has 7 heteroatoms. The molecule has 0 saturated carbocycles. The van der Waals surface area contributed by atoms with E-state index in [9.17, 15) is 4.79 Å². The lowest BCUT2D eigenvalue weighted by atomic mass is 10.2. The molecule has 1 N–H and O–H groups in total. The van der Waals surface area contributed by atoms with E-state index >= 15 is 0 Å². The minimum atomic E-state index is -0.0656. The van der Waals surface area contributed by atoms with Crippen LogP contribution in [0, 0.1) is 6.92 Å². The molecule has 0 aliphatic carbocycles. The Morgan fingerprint density at radius 1 is 1.21 bits per heavy atom. The Bertz CT molecular complexity index is 801. The van der Waals surface area contributed by atoms with Crippen molar-refractivity contribution in [3.05, 3.63) is 66.2 Å². The van der Waals surface area contributed by atoms with Crippen LogP contribution in [0.4, 0.5) is 0 Å². The minimum absolute atomic E-state index is 0.0656. The number of carbonyl (C=O) groups is 1. The molecule has 1 amide bonds. The highest BCUT2D eigenvalue weighted by atomic mass is 32.2. The Morgan fingerprint density at radius 2 is 2.04 bits per heavy atom. The first-order valence-corrected chi connectivity index (χ1v) is 8.47. The van der Waals surface area contributed by atoms with Crippen LogP contribution >= 0.6 is 11.8 Å². The van der Waals surface area contributed by atoms with Gasteiger partial charge in [-0.15, -0.1) is 10.2 Å². The molecule has 2 heterocycles. The molecule has 0 bridgehead atoms. The lowest BCUT2D eigenvalue weighted by molar-refractivity contribution is -0.118. The largest absolute Gasteiger partial charge is 0.350 e. The summed E-state index contributed by atoms with van der Waals surface area (Å²) in [6, 6.07) is 13.7. The van der Waals surface area contributed by atoms with Gasteiger partial charge >= 0.3 is 0 Å². The smallest absolute Gasteiger partial charge is 0.230 e. The molecule has 0 spiro atoms. The van der Waals surface area contributed by atoms with Crippen LogP contribution in [-0.4, -0.2) is 31.4 Å². The minimum Gasteiger partial charge on any atom is -0.350 e. The Morgan fingerprint density at radius 3 is 2.79 bits per heavy atom. The van der Waals surface area contributed by atoms with Gasteiger partial charge in [0.25, 0.3) is 0 Å². The first-order chi connectivity index (χ1) is 11.7. The summed E-state index contributed by atoms with van der Waals surface area (Å²) in [7, 11) is 0. The zero-order valence-electron chi connectivity index (χ0n) is 13.2. The van der Waals surface area contributed by atoms with E-state index in [1.54, 1.807) is 12.5 Å². The topological polar surface area (TPSA) is 72.7 Å². The van der Waals surface area contributed by atoms with E-state index in [1.807, 2.05) is 54.0 Å². The number of pyridine rings is 1. The number of nitrogens with one attached hydrogen (secondary N) is 1. The predicted molar refractivity (Wildman–Crippen MR) is 92.9 cm³/mol. The maximum atomic E-state index is 12.0. The van der Waals surface area contributed by atoms with Crippen molar-refractivity contribution in [1.82, 2.24) is 25.1 Å². The highest BCUT2D eigenvalue weighted by Crippen LogP contribution is 2.19. The normalized spacial score (nSPS) is 10.5. The number of amides is 1. The zero-order valence-corrected chi connectivity index (χ0v) is 14.0. The van der Waals surface area contributed by atoms with E-state index < -0.39 is 0 Å². The number of benzene rings is 1. The highest BCUT2D eigenvalue weighted by molar-refractivity contribution is 7.99. The van der Waals surface area contributed by atoms with Crippen molar-refractivity contribution in [3.8, 4) is 5.69 Å². The van der Waals surface area contributed by atoms with Crippen LogP contribution in [0.3, 0.4) is 0 Å². The Balaban J connectivity index is 1.56. The Labute approximate surface area is 144 Å². The number of carbonyl (C=O) groups excluding carboxylic acids is 1. The molecule has 3 rings (SSSR count). The summed E-state index contributed by atoms with van der Waals surface area (Å²) in [6.07, 6.45) is 3.36. The van der Waals surface area contributed by atoms with E-state index in [0.29, 0.717) is 11.7 Å². The van der Waals surface area contributed by atoms with Crippen LogP contribution in [0.5, 0.6) is 0 Å². The van der Waals surface area contributed by atoms with E-state index in [2.05, 4.69) is 20.5 Å². The van der Waals surface area contributed by atoms with Gasteiger partial charge < -0.3 is 5.32 Å². The van der Waals surface area contributed by atoms with Gasteiger partial charge in [0.2, 0.25) is 5.91 Å². The van der Waals surface area contributed by atoms with Crippen LogP contribution in [-0.2, 0) is 11.3 Å². The Hall–Kier alpha value is -2.67. The van der Waals surface area contributed by atoms with Gasteiger partial charge in [-0.05, 0) is 31.2 Å². The Kier molecular flexibility index (Phi) is 5.22. The van der Waals surface area contributed by atoms with Crippen LogP contribution in [0.1, 0.15) is 11.3 Å². The van der Waals surface area contributed by atoms with Gasteiger partial charge in [-0.25, -0.2) is 0 Å². The van der Waals surface area contributed by atoms with E-state index in [-0.39, 0.29) is 11.7 Å². The number of aryl methyl sites for hydroxylation is 1. The fraction of sp³-hybridized carbons (Fsp3) is 0.176. The van der Waals surface area contributed by atoms with Gasteiger partial charge in [0.1, 0.15) is 6.33 Å². The van der Waals surface area contributed by atoms with Gasteiger partial charge in [-0.1, -0.05) is 35.5 Å². The second-order valence-electron chi connectivity index (χ2n) is 5.21. The second-order valence-corrected chi connectivity index (χ2v) is 6.15. The van der Waals surface area contributed by atoms with Gasteiger partial charge in [0.15, 0.2) is 5.16 Å². The van der Waals surface area contributed by atoms with E-state index in [0.717, 1.165) is 11.4 Å². The number of aromatic nitrogens is 4. The zero-order chi connectivity index (χ0) is 16.8. The number of hydrogen-bond donors (Lipinski definition) is 1. The molecule has 0 aliphatic heterocycles. The summed E-state index contributed by atoms with van der Waals surface area (Å²) in [5.74, 6) is 0.210. The van der Waals surface area contributed by atoms with Crippen molar-refractivity contribution < 1.29 is 4.79 Å². The van der Waals surface area contributed by atoms with Gasteiger partial charge in [-0.3, -0.25) is 14.3 Å². The molecule has 0 radical (unpaired) electrons. The molecule has 0 unspecified atom stereocenters. The van der Waals surface area contributed by atoms with Gasteiger partial charge in [0.05, 0.1) is 18.0 Å². The van der Waals surface area contributed by atoms with Crippen molar-refractivity contribution in [2.45, 2.75) is 18.6 Å². The summed E-state index contributed by atoms with van der Waals surface area (Å²) in [6.45, 7) is 2.46. The number of thioether (sulfide) groups is 1. The average molecular weight is 339 g/mol. The van der Waals surface area contributed by atoms with Crippen molar-refractivity contribution in [1.29, 1.82) is 0 Å². The van der Waals surface area contributed by atoms with Crippen LogP contribution in [0.2, 0.25) is 0 Å².